The molecule has 1 aromatic rings. The largest absolute Gasteiger partial charge is 0.462 e. The molecule has 0 aliphatic heterocycles. The summed E-state index contributed by atoms with van der Waals surface area (Å²) in [5.74, 6) is 1.54. The number of rotatable bonds is 6. The molecule has 0 amide bonds. The van der Waals surface area contributed by atoms with E-state index in [0.717, 1.165) is 48.4 Å². The van der Waals surface area contributed by atoms with Gasteiger partial charge in [-0.3, -0.25) is 4.79 Å². The molecule has 1 aromatic heterocycles. The van der Waals surface area contributed by atoms with Gasteiger partial charge >= 0.3 is 11.9 Å². The number of carbonyl (C=O) groups is 2. The van der Waals surface area contributed by atoms with E-state index in [1.165, 1.54) is 19.3 Å². The Labute approximate surface area is 169 Å². The summed E-state index contributed by atoms with van der Waals surface area (Å²) >= 11 is 1.01. The molecule has 0 spiro atoms. The van der Waals surface area contributed by atoms with Crippen LogP contribution in [0.5, 0.6) is 0 Å². The van der Waals surface area contributed by atoms with Gasteiger partial charge < -0.3 is 15.2 Å². The van der Waals surface area contributed by atoms with Crippen LogP contribution in [0.25, 0.3) is 0 Å². The van der Waals surface area contributed by atoms with Crippen LogP contribution in [0, 0.1) is 34.5 Å². The number of nitrogen functional groups attached to an aromatic ring is 1. The SMILES string of the molecule is CCOC(=O)c1sc(N)c(C#N)c1COC(=O)CC12CC3CC(CC(C3)C1)C2. The third-order valence-corrected chi connectivity index (χ3v) is 7.71. The first kappa shape index (κ1) is 19.3. The quantitative estimate of drug-likeness (QED) is 0.721. The Balaban J connectivity index is 1.44. The van der Waals surface area contributed by atoms with E-state index in [4.69, 9.17) is 15.2 Å². The van der Waals surface area contributed by atoms with Crippen molar-refractivity contribution in [1.82, 2.24) is 0 Å². The van der Waals surface area contributed by atoms with Crippen LogP contribution in [-0.4, -0.2) is 18.5 Å². The zero-order chi connectivity index (χ0) is 19.9. The van der Waals surface area contributed by atoms with Crippen molar-refractivity contribution < 1.29 is 19.1 Å². The lowest BCUT2D eigenvalue weighted by molar-refractivity contribution is -0.153. The Morgan fingerprint density at radius 3 is 2.32 bits per heavy atom. The molecule has 150 valence electrons. The minimum atomic E-state index is -0.534. The minimum Gasteiger partial charge on any atom is -0.462 e. The molecule has 4 fully saturated rings. The molecule has 0 saturated heterocycles. The highest BCUT2D eigenvalue weighted by Gasteiger charge is 2.51. The minimum absolute atomic E-state index is 0.0987. The Kier molecular flexibility index (Phi) is 5.09. The van der Waals surface area contributed by atoms with E-state index in [1.54, 1.807) is 6.92 Å². The van der Waals surface area contributed by atoms with Crippen LogP contribution >= 0.6 is 11.3 Å². The lowest BCUT2D eigenvalue weighted by Gasteiger charge is -2.56. The lowest BCUT2D eigenvalue weighted by Crippen LogP contribution is -2.47. The van der Waals surface area contributed by atoms with Gasteiger partial charge in [-0.25, -0.2) is 4.79 Å². The molecular formula is C21H26N2O4S. The van der Waals surface area contributed by atoms with Crippen molar-refractivity contribution in [2.75, 3.05) is 12.3 Å². The second-order valence-corrected chi connectivity index (χ2v) is 9.79. The van der Waals surface area contributed by atoms with Crippen molar-refractivity contribution in [2.24, 2.45) is 23.2 Å². The molecule has 2 N–H and O–H groups in total. The van der Waals surface area contributed by atoms with Gasteiger partial charge in [0.05, 0.1) is 18.6 Å². The van der Waals surface area contributed by atoms with E-state index in [1.807, 2.05) is 6.07 Å². The summed E-state index contributed by atoms with van der Waals surface area (Å²) in [5.41, 5.74) is 6.54. The average Bonchev–Trinajstić information content (AvgIpc) is 2.94. The highest BCUT2D eigenvalue weighted by atomic mass is 32.1. The van der Waals surface area contributed by atoms with E-state index in [0.29, 0.717) is 12.0 Å². The fraction of sp³-hybridized carbons (Fsp3) is 0.667. The zero-order valence-electron chi connectivity index (χ0n) is 16.2. The molecule has 0 aromatic carbocycles. The molecule has 4 bridgehead atoms. The summed E-state index contributed by atoms with van der Waals surface area (Å²) in [4.78, 5) is 25.1. The molecule has 4 aliphatic rings. The van der Waals surface area contributed by atoms with Gasteiger partial charge in [0.15, 0.2) is 0 Å². The van der Waals surface area contributed by atoms with Crippen LogP contribution < -0.4 is 5.73 Å². The topological polar surface area (TPSA) is 102 Å². The third kappa shape index (κ3) is 3.50. The Morgan fingerprint density at radius 1 is 1.18 bits per heavy atom. The van der Waals surface area contributed by atoms with Crippen molar-refractivity contribution in [3.05, 3.63) is 16.0 Å². The molecule has 5 rings (SSSR count). The van der Waals surface area contributed by atoms with Gasteiger partial charge in [-0.1, -0.05) is 0 Å². The third-order valence-electron chi connectivity index (χ3n) is 6.67. The first-order valence-corrected chi connectivity index (χ1v) is 10.9. The predicted molar refractivity (Wildman–Crippen MR) is 104 cm³/mol. The molecule has 4 saturated carbocycles. The van der Waals surface area contributed by atoms with Crippen molar-refractivity contribution in [3.63, 3.8) is 0 Å². The van der Waals surface area contributed by atoms with Gasteiger partial charge in [-0.05, 0) is 68.6 Å². The smallest absolute Gasteiger partial charge is 0.348 e. The number of nitriles is 1. The summed E-state index contributed by atoms with van der Waals surface area (Å²) in [6, 6.07) is 2.02. The van der Waals surface area contributed by atoms with Crippen molar-refractivity contribution >= 4 is 28.3 Å². The number of thiophene rings is 1. The molecule has 6 nitrogen and oxygen atoms in total. The summed E-state index contributed by atoms with van der Waals surface area (Å²) < 4.78 is 10.6. The normalized spacial score (nSPS) is 30.1. The maximum Gasteiger partial charge on any atom is 0.348 e. The maximum absolute atomic E-state index is 12.7. The number of hydrogen-bond donors (Lipinski definition) is 1. The van der Waals surface area contributed by atoms with Crippen LogP contribution in [0.15, 0.2) is 0 Å². The highest BCUT2D eigenvalue weighted by Crippen LogP contribution is 2.61. The van der Waals surface area contributed by atoms with E-state index < -0.39 is 5.97 Å². The van der Waals surface area contributed by atoms with Gasteiger partial charge in [0, 0.05) is 5.56 Å². The standard InChI is InChI=1S/C21H26N2O4S/c1-2-26-20(25)18-16(15(10-22)19(23)28-18)11-27-17(24)9-21-6-12-3-13(7-21)5-14(4-12)8-21/h12-14H,2-9,11,23H2,1H3. The number of nitrogens with zero attached hydrogens (tertiary/aromatic N) is 1. The molecule has 0 radical (unpaired) electrons. The van der Waals surface area contributed by atoms with E-state index in [9.17, 15) is 14.9 Å². The Hall–Kier alpha value is -2.07. The van der Waals surface area contributed by atoms with Gasteiger partial charge in [-0.2, -0.15) is 5.26 Å². The second-order valence-electron chi connectivity index (χ2n) is 8.74. The van der Waals surface area contributed by atoms with Crippen molar-refractivity contribution in [3.8, 4) is 6.07 Å². The first-order valence-electron chi connectivity index (χ1n) is 10.1. The molecule has 1 heterocycles. The number of anilines is 1. The molecule has 7 heteroatoms. The van der Waals surface area contributed by atoms with Crippen LogP contribution in [0.1, 0.15) is 72.7 Å². The van der Waals surface area contributed by atoms with Crippen LogP contribution in [-0.2, 0) is 20.9 Å². The number of esters is 2. The Bertz CT molecular complexity index is 803. The van der Waals surface area contributed by atoms with E-state index in [-0.39, 0.29) is 40.0 Å². The lowest BCUT2D eigenvalue weighted by atomic mass is 9.49. The molecule has 28 heavy (non-hydrogen) atoms. The fourth-order valence-corrected chi connectivity index (χ4v) is 7.04. The van der Waals surface area contributed by atoms with Crippen LogP contribution in [0.4, 0.5) is 5.00 Å². The molecule has 4 aliphatic carbocycles. The monoisotopic (exact) mass is 402 g/mol. The summed E-state index contributed by atoms with van der Waals surface area (Å²) in [7, 11) is 0. The summed E-state index contributed by atoms with van der Waals surface area (Å²) in [6.45, 7) is 1.82. The molecule has 0 unspecified atom stereocenters. The number of carbonyl (C=O) groups excluding carboxylic acids is 2. The number of ether oxygens (including phenoxy) is 2. The van der Waals surface area contributed by atoms with Gasteiger partial charge in [-0.15, -0.1) is 11.3 Å². The highest BCUT2D eigenvalue weighted by molar-refractivity contribution is 7.18. The fourth-order valence-electron chi connectivity index (χ4n) is 6.12. The number of nitrogens with two attached hydrogens (primary N) is 1. The number of hydrogen-bond acceptors (Lipinski definition) is 7. The predicted octanol–water partition coefficient (Wildman–Crippen LogP) is 4.03. The van der Waals surface area contributed by atoms with Crippen molar-refractivity contribution in [2.45, 2.75) is 58.5 Å². The summed E-state index contributed by atoms with van der Waals surface area (Å²) in [5, 5.41) is 9.63. The molecule has 0 atom stereocenters. The van der Waals surface area contributed by atoms with Crippen LogP contribution in [0.3, 0.4) is 0 Å². The maximum atomic E-state index is 12.7. The average molecular weight is 403 g/mol. The molecular weight excluding hydrogens is 376 g/mol. The van der Waals surface area contributed by atoms with E-state index >= 15 is 0 Å². The van der Waals surface area contributed by atoms with Crippen LogP contribution in [0.2, 0.25) is 0 Å². The van der Waals surface area contributed by atoms with Gasteiger partial charge in [0.2, 0.25) is 0 Å². The zero-order valence-corrected chi connectivity index (χ0v) is 17.0. The van der Waals surface area contributed by atoms with Crippen molar-refractivity contribution in [1.29, 1.82) is 5.26 Å². The van der Waals surface area contributed by atoms with Gasteiger partial charge in [0.25, 0.3) is 0 Å². The second kappa shape index (κ2) is 7.40. The van der Waals surface area contributed by atoms with Gasteiger partial charge in [0.1, 0.15) is 22.6 Å². The van der Waals surface area contributed by atoms with E-state index in [2.05, 4.69) is 0 Å². The Morgan fingerprint density at radius 2 is 1.79 bits per heavy atom. The summed E-state index contributed by atoms with van der Waals surface area (Å²) in [6.07, 6.45) is 7.84. The first-order chi connectivity index (χ1) is 13.4.